The van der Waals surface area contributed by atoms with Gasteiger partial charge in [-0.1, -0.05) is 22.9 Å². The van der Waals surface area contributed by atoms with Gasteiger partial charge in [0, 0.05) is 10.9 Å². The molecule has 1 aromatic rings. The standard InChI is InChI=1S/C11H12BrF3N2/c1-2-3-10(16)17-7-4-5-9(12)8(6-7)11(13,14)15/h4-6H,2-3H2,1H3,(H2,16,17). The minimum atomic E-state index is -4.40. The number of nitrogens with zero attached hydrogens (tertiary/aromatic N) is 1. The van der Waals surface area contributed by atoms with E-state index in [0.717, 1.165) is 12.5 Å². The van der Waals surface area contributed by atoms with Crippen LogP contribution in [0.3, 0.4) is 0 Å². The van der Waals surface area contributed by atoms with Gasteiger partial charge in [-0.05, 0) is 24.6 Å². The number of hydrogen-bond acceptors (Lipinski definition) is 1. The highest BCUT2D eigenvalue weighted by molar-refractivity contribution is 9.10. The van der Waals surface area contributed by atoms with Crippen LogP contribution in [0.2, 0.25) is 0 Å². The lowest BCUT2D eigenvalue weighted by atomic mass is 10.2. The molecule has 2 N–H and O–H groups in total. The summed E-state index contributed by atoms with van der Waals surface area (Å²) in [6, 6.07) is 3.79. The number of nitrogens with two attached hydrogens (primary N) is 1. The van der Waals surface area contributed by atoms with E-state index in [0.29, 0.717) is 12.3 Å². The Balaban J connectivity index is 3.09. The Hall–Kier alpha value is -1.04. The van der Waals surface area contributed by atoms with Crippen LogP contribution in [0.25, 0.3) is 0 Å². The molecule has 0 unspecified atom stereocenters. The van der Waals surface area contributed by atoms with Crippen LogP contribution in [-0.2, 0) is 6.18 Å². The number of hydrogen-bond donors (Lipinski definition) is 1. The maximum Gasteiger partial charge on any atom is 0.417 e. The zero-order chi connectivity index (χ0) is 13.1. The molecule has 1 aromatic carbocycles. The monoisotopic (exact) mass is 308 g/mol. The second-order valence-electron chi connectivity index (χ2n) is 3.52. The second-order valence-corrected chi connectivity index (χ2v) is 4.37. The number of alkyl halides is 3. The van der Waals surface area contributed by atoms with Gasteiger partial charge >= 0.3 is 6.18 Å². The van der Waals surface area contributed by atoms with E-state index < -0.39 is 11.7 Å². The van der Waals surface area contributed by atoms with Gasteiger partial charge in [-0.2, -0.15) is 13.2 Å². The molecule has 2 nitrogen and oxygen atoms in total. The third kappa shape index (κ3) is 4.03. The Kier molecular flexibility index (Phi) is 4.56. The molecule has 94 valence electrons. The van der Waals surface area contributed by atoms with Crippen molar-refractivity contribution in [2.75, 3.05) is 0 Å². The molecule has 0 aliphatic carbocycles. The molecule has 0 saturated carbocycles. The number of aliphatic imine (C=N–C) groups is 1. The lowest BCUT2D eigenvalue weighted by Gasteiger charge is -2.09. The first-order chi connectivity index (χ1) is 7.84. The van der Waals surface area contributed by atoms with E-state index in [1.54, 1.807) is 0 Å². The second kappa shape index (κ2) is 5.53. The zero-order valence-corrected chi connectivity index (χ0v) is 10.8. The van der Waals surface area contributed by atoms with Gasteiger partial charge in [0.15, 0.2) is 0 Å². The lowest BCUT2D eigenvalue weighted by Crippen LogP contribution is -2.10. The molecule has 0 radical (unpaired) electrons. The first-order valence-electron chi connectivity index (χ1n) is 5.04. The summed E-state index contributed by atoms with van der Waals surface area (Å²) in [5.74, 6) is 0.336. The molecule has 6 heteroatoms. The van der Waals surface area contributed by atoms with E-state index in [1.807, 2.05) is 6.92 Å². The van der Waals surface area contributed by atoms with Crippen LogP contribution in [0.1, 0.15) is 25.3 Å². The van der Waals surface area contributed by atoms with Gasteiger partial charge in [0.25, 0.3) is 0 Å². The van der Waals surface area contributed by atoms with Crippen molar-refractivity contribution in [3.8, 4) is 0 Å². The maximum absolute atomic E-state index is 12.6. The average Bonchev–Trinajstić information content (AvgIpc) is 2.19. The predicted molar refractivity (Wildman–Crippen MR) is 65.3 cm³/mol. The van der Waals surface area contributed by atoms with Gasteiger partial charge in [-0.3, -0.25) is 0 Å². The molecule has 0 aromatic heterocycles. The molecule has 0 amide bonds. The Labute approximate surface area is 106 Å². The minimum absolute atomic E-state index is 0.00184. The van der Waals surface area contributed by atoms with Crippen LogP contribution >= 0.6 is 15.9 Å². The van der Waals surface area contributed by atoms with Crippen molar-refractivity contribution in [1.82, 2.24) is 0 Å². The van der Waals surface area contributed by atoms with Crippen molar-refractivity contribution in [2.24, 2.45) is 10.7 Å². The van der Waals surface area contributed by atoms with Gasteiger partial charge in [0.05, 0.1) is 17.1 Å². The highest BCUT2D eigenvalue weighted by atomic mass is 79.9. The molecule has 0 heterocycles. The van der Waals surface area contributed by atoms with Crippen LogP contribution in [0.5, 0.6) is 0 Å². The Morgan fingerprint density at radius 2 is 2.06 bits per heavy atom. The van der Waals surface area contributed by atoms with Crippen LogP contribution < -0.4 is 5.73 Å². The summed E-state index contributed by atoms with van der Waals surface area (Å²) in [6.07, 6.45) is -3.03. The summed E-state index contributed by atoms with van der Waals surface area (Å²) in [7, 11) is 0. The van der Waals surface area contributed by atoms with Gasteiger partial charge in [0.1, 0.15) is 0 Å². The summed E-state index contributed by atoms with van der Waals surface area (Å²) in [6.45, 7) is 1.92. The van der Waals surface area contributed by atoms with Gasteiger partial charge in [-0.25, -0.2) is 4.99 Å². The van der Waals surface area contributed by atoms with Crippen LogP contribution in [0.15, 0.2) is 27.7 Å². The first-order valence-corrected chi connectivity index (χ1v) is 5.83. The van der Waals surface area contributed by atoms with E-state index in [9.17, 15) is 13.2 Å². The van der Waals surface area contributed by atoms with E-state index in [1.165, 1.54) is 12.1 Å². The zero-order valence-electron chi connectivity index (χ0n) is 9.18. The van der Waals surface area contributed by atoms with Gasteiger partial charge < -0.3 is 5.73 Å². The SMILES string of the molecule is CCCC(N)=Nc1ccc(Br)c(C(F)(F)F)c1. The van der Waals surface area contributed by atoms with Crippen molar-refractivity contribution < 1.29 is 13.2 Å². The largest absolute Gasteiger partial charge is 0.417 e. The highest BCUT2D eigenvalue weighted by Gasteiger charge is 2.33. The van der Waals surface area contributed by atoms with Crippen molar-refractivity contribution >= 4 is 27.5 Å². The molecule has 0 bridgehead atoms. The molecule has 0 fully saturated rings. The molecule has 0 spiro atoms. The molecule has 17 heavy (non-hydrogen) atoms. The molecule has 0 aliphatic heterocycles. The molecule has 1 rings (SSSR count). The van der Waals surface area contributed by atoms with Crippen LogP contribution in [-0.4, -0.2) is 5.84 Å². The number of rotatable bonds is 3. The minimum Gasteiger partial charge on any atom is -0.387 e. The van der Waals surface area contributed by atoms with Crippen LogP contribution in [0.4, 0.5) is 18.9 Å². The van der Waals surface area contributed by atoms with Crippen molar-refractivity contribution in [3.05, 3.63) is 28.2 Å². The Bertz CT molecular complexity index is 427. The summed E-state index contributed by atoms with van der Waals surface area (Å²) in [4.78, 5) is 3.94. The summed E-state index contributed by atoms with van der Waals surface area (Å²) >= 11 is 2.86. The summed E-state index contributed by atoms with van der Waals surface area (Å²) < 4.78 is 37.8. The van der Waals surface area contributed by atoms with E-state index in [4.69, 9.17) is 5.73 Å². The fourth-order valence-electron chi connectivity index (χ4n) is 1.28. The first kappa shape index (κ1) is 14.0. The fourth-order valence-corrected chi connectivity index (χ4v) is 1.75. The number of benzene rings is 1. The smallest absolute Gasteiger partial charge is 0.387 e. The van der Waals surface area contributed by atoms with E-state index in [-0.39, 0.29) is 10.2 Å². The molecular formula is C11H12BrF3N2. The van der Waals surface area contributed by atoms with Gasteiger partial charge in [-0.15, -0.1) is 0 Å². The van der Waals surface area contributed by atoms with Crippen molar-refractivity contribution in [3.63, 3.8) is 0 Å². The average molecular weight is 309 g/mol. The fraction of sp³-hybridized carbons (Fsp3) is 0.364. The van der Waals surface area contributed by atoms with Crippen molar-refractivity contribution in [2.45, 2.75) is 25.9 Å². The van der Waals surface area contributed by atoms with Gasteiger partial charge in [0.2, 0.25) is 0 Å². The normalized spacial score (nSPS) is 12.9. The Morgan fingerprint density at radius 3 is 2.59 bits per heavy atom. The maximum atomic E-state index is 12.6. The molecule has 0 atom stereocenters. The molecule has 0 saturated heterocycles. The van der Waals surface area contributed by atoms with E-state index >= 15 is 0 Å². The molecular weight excluding hydrogens is 297 g/mol. The highest BCUT2D eigenvalue weighted by Crippen LogP contribution is 2.36. The van der Waals surface area contributed by atoms with E-state index in [2.05, 4.69) is 20.9 Å². The topological polar surface area (TPSA) is 38.4 Å². The summed E-state index contributed by atoms with van der Waals surface area (Å²) in [5, 5.41) is 0. The third-order valence-electron chi connectivity index (χ3n) is 2.03. The lowest BCUT2D eigenvalue weighted by molar-refractivity contribution is -0.138. The van der Waals surface area contributed by atoms with Crippen LogP contribution in [0, 0.1) is 0 Å². The summed E-state index contributed by atoms with van der Waals surface area (Å²) in [5.41, 5.74) is 5.04. The Morgan fingerprint density at radius 1 is 1.41 bits per heavy atom. The number of halogens is 4. The van der Waals surface area contributed by atoms with Crippen molar-refractivity contribution in [1.29, 1.82) is 0 Å². The predicted octanol–water partition coefficient (Wildman–Crippen LogP) is 4.26. The number of amidine groups is 1. The quantitative estimate of drug-likeness (QED) is 0.657. The molecule has 0 aliphatic rings. The third-order valence-corrected chi connectivity index (χ3v) is 2.73.